The van der Waals surface area contributed by atoms with Crippen LogP contribution in [0.25, 0.3) is 0 Å². The average Bonchev–Trinajstić information content (AvgIpc) is 2.77. The number of methoxy groups -OCH3 is 3. The molecule has 0 spiro atoms. The zero-order chi connectivity index (χ0) is 21.5. The minimum absolute atomic E-state index is 0.0940. The highest BCUT2D eigenvalue weighted by Crippen LogP contribution is 2.38. The molecular weight excluding hydrogens is 391 g/mol. The Morgan fingerprint density at radius 2 is 1.80 bits per heavy atom. The highest BCUT2D eigenvalue weighted by molar-refractivity contribution is 5.78. The van der Waals surface area contributed by atoms with Gasteiger partial charge in [-0.3, -0.25) is 9.69 Å². The molecule has 0 bridgehead atoms. The van der Waals surface area contributed by atoms with E-state index in [1.54, 1.807) is 45.6 Å². The van der Waals surface area contributed by atoms with Crippen LogP contribution in [0.4, 0.5) is 4.39 Å². The molecule has 0 aromatic heterocycles. The molecule has 1 aliphatic rings. The summed E-state index contributed by atoms with van der Waals surface area (Å²) in [6, 6.07) is 9.88. The standard InChI is InChI=1S/C22H27FN2O5/c1-27-18-10-15(11-19(28-2)22(18)29-3)12-24-21(26)14-25-8-9-30-20(13-25)16-4-6-17(23)7-5-16/h4-7,10-11,20H,8-9,12-14H2,1-3H3,(H,24,26). The third-order valence-electron chi connectivity index (χ3n) is 4.97. The summed E-state index contributed by atoms with van der Waals surface area (Å²) >= 11 is 0. The first kappa shape index (κ1) is 21.9. The van der Waals surface area contributed by atoms with Gasteiger partial charge < -0.3 is 24.3 Å². The molecule has 3 rings (SSSR count). The zero-order valence-electron chi connectivity index (χ0n) is 17.4. The van der Waals surface area contributed by atoms with Gasteiger partial charge in [0.2, 0.25) is 11.7 Å². The molecule has 1 atom stereocenters. The molecule has 0 saturated carbocycles. The molecule has 2 aromatic rings. The predicted octanol–water partition coefficient (Wildman–Crippen LogP) is 2.54. The Labute approximate surface area is 175 Å². The first-order chi connectivity index (χ1) is 14.5. The quantitative estimate of drug-likeness (QED) is 0.711. The van der Waals surface area contributed by atoms with Crippen LogP contribution in [0.1, 0.15) is 17.2 Å². The Morgan fingerprint density at radius 3 is 2.40 bits per heavy atom. The summed E-state index contributed by atoms with van der Waals surface area (Å²) in [5.41, 5.74) is 1.74. The Kier molecular flexibility index (Phi) is 7.48. The lowest BCUT2D eigenvalue weighted by Gasteiger charge is -2.32. The molecule has 1 heterocycles. The van der Waals surface area contributed by atoms with Crippen molar-refractivity contribution in [3.8, 4) is 17.2 Å². The van der Waals surface area contributed by atoms with Crippen molar-refractivity contribution in [2.75, 3.05) is 47.6 Å². The molecule has 162 valence electrons. The number of benzene rings is 2. The topological polar surface area (TPSA) is 69.3 Å². The van der Waals surface area contributed by atoms with Gasteiger partial charge in [-0.2, -0.15) is 0 Å². The summed E-state index contributed by atoms with van der Waals surface area (Å²) < 4.78 is 34.9. The zero-order valence-corrected chi connectivity index (χ0v) is 17.4. The number of hydrogen-bond acceptors (Lipinski definition) is 6. The molecule has 1 saturated heterocycles. The van der Waals surface area contributed by atoms with Gasteiger partial charge in [0.25, 0.3) is 0 Å². The van der Waals surface area contributed by atoms with E-state index in [4.69, 9.17) is 18.9 Å². The van der Waals surface area contributed by atoms with Crippen LogP contribution in [0.3, 0.4) is 0 Å². The number of halogens is 1. The number of morpholine rings is 1. The lowest BCUT2D eigenvalue weighted by Crippen LogP contribution is -2.44. The summed E-state index contributed by atoms with van der Waals surface area (Å²) in [7, 11) is 4.65. The van der Waals surface area contributed by atoms with Crippen molar-refractivity contribution < 1.29 is 28.1 Å². The average molecular weight is 418 g/mol. The maximum absolute atomic E-state index is 13.1. The maximum Gasteiger partial charge on any atom is 0.234 e. The van der Waals surface area contributed by atoms with Crippen molar-refractivity contribution in [3.63, 3.8) is 0 Å². The van der Waals surface area contributed by atoms with Gasteiger partial charge in [0.15, 0.2) is 11.5 Å². The number of ether oxygens (including phenoxy) is 4. The number of rotatable bonds is 8. The van der Waals surface area contributed by atoms with Gasteiger partial charge >= 0.3 is 0 Å². The van der Waals surface area contributed by atoms with Crippen molar-refractivity contribution in [2.45, 2.75) is 12.6 Å². The van der Waals surface area contributed by atoms with E-state index >= 15 is 0 Å². The molecule has 0 aliphatic carbocycles. The Balaban J connectivity index is 1.56. The molecule has 1 amide bonds. The van der Waals surface area contributed by atoms with E-state index in [-0.39, 0.29) is 24.4 Å². The summed E-state index contributed by atoms with van der Waals surface area (Å²) in [5, 5.41) is 2.93. The van der Waals surface area contributed by atoms with Crippen molar-refractivity contribution in [2.24, 2.45) is 0 Å². The largest absolute Gasteiger partial charge is 0.493 e. The smallest absolute Gasteiger partial charge is 0.234 e. The van der Waals surface area contributed by atoms with Crippen LogP contribution in [0.2, 0.25) is 0 Å². The van der Waals surface area contributed by atoms with Crippen molar-refractivity contribution in [1.29, 1.82) is 0 Å². The number of carbonyl (C=O) groups excluding carboxylic acids is 1. The number of carbonyl (C=O) groups is 1. The van der Waals surface area contributed by atoms with Gasteiger partial charge in [-0.25, -0.2) is 4.39 Å². The van der Waals surface area contributed by atoms with Gasteiger partial charge in [-0.05, 0) is 35.4 Å². The maximum atomic E-state index is 13.1. The van der Waals surface area contributed by atoms with Crippen LogP contribution < -0.4 is 19.5 Å². The SMILES string of the molecule is COc1cc(CNC(=O)CN2CCOC(c3ccc(F)cc3)C2)cc(OC)c1OC. The van der Waals surface area contributed by atoms with E-state index in [1.807, 2.05) is 4.90 Å². The third kappa shape index (κ3) is 5.40. The predicted molar refractivity (Wildman–Crippen MR) is 109 cm³/mol. The van der Waals surface area contributed by atoms with Crippen LogP contribution in [-0.2, 0) is 16.1 Å². The van der Waals surface area contributed by atoms with E-state index < -0.39 is 0 Å². The van der Waals surface area contributed by atoms with Crippen molar-refractivity contribution >= 4 is 5.91 Å². The fourth-order valence-corrected chi connectivity index (χ4v) is 3.42. The molecule has 2 aromatic carbocycles. The van der Waals surface area contributed by atoms with E-state index in [1.165, 1.54) is 12.1 Å². The molecule has 7 nitrogen and oxygen atoms in total. The second kappa shape index (κ2) is 10.3. The van der Waals surface area contributed by atoms with Crippen LogP contribution in [-0.4, -0.2) is 58.4 Å². The van der Waals surface area contributed by atoms with Gasteiger partial charge in [0, 0.05) is 19.6 Å². The van der Waals surface area contributed by atoms with Crippen molar-refractivity contribution in [3.05, 3.63) is 53.3 Å². The number of hydrogen-bond donors (Lipinski definition) is 1. The minimum Gasteiger partial charge on any atom is -0.493 e. The van der Waals surface area contributed by atoms with Crippen LogP contribution in [0.15, 0.2) is 36.4 Å². The molecule has 0 radical (unpaired) electrons. The summed E-state index contributed by atoms with van der Waals surface area (Å²) in [5.74, 6) is 1.21. The monoisotopic (exact) mass is 418 g/mol. The van der Waals surface area contributed by atoms with Gasteiger partial charge in [-0.15, -0.1) is 0 Å². The second-order valence-electron chi connectivity index (χ2n) is 6.96. The molecule has 1 aliphatic heterocycles. The molecule has 8 heteroatoms. The number of nitrogens with zero attached hydrogens (tertiary/aromatic N) is 1. The number of amides is 1. The van der Waals surface area contributed by atoms with Gasteiger partial charge in [-0.1, -0.05) is 12.1 Å². The highest BCUT2D eigenvalue weighted by atomic mass is 19.1. The Morgan fingerprint density at radius 1 is 1.13 bits per heavy atom. The lowest BCUT2D eigenvalue weighted by atomic mass is 10.1. The van der Waals surface area contributed by atoms with E-state index in [0.717, 1.165) is 11.1 Å². The molecule has 1 N–H and O–H groups in total. The normalized spacial score (nSPS) is 16.7. The molecule has 30 heavy (non-hydrogen) atoms. The highest BCUT2D eigenvalue weighted by Gasteiger charge is 2.23. The molecule has 1 fully saturated rings. The van der Waals surface area contributed by atoms with Crippen molar-refractivity contribution in [1.82, 2.24) is 10.2 Å². The molecular formula is C22H27FN2O5. The molecule has 1 unspecified atom stereocenters. The minimum atomic E-state index is -0.280. The fraction of sp³-hybridized carbons (Fsp3) is 0.409. The van der Waals surface area contributed by atoms with E-state index in [2.05, 4.69) is 5.32 Å². The van der Waals surface area contributed by atoms with E-state index in [9.17, 15) is 9.18 Å². The van der Waals surface area contributed by atoms with Crippen LogP contribution in [0.5, 0.6) is 17.2 Å². The van der Waals surface area contributed by atoms with Gasteiger partial charge in [0.05, 0.1) is 40.6 Å². The number of nitrogens with one attached hydrogen (secondary N) is 1. The Hall–Kier alpha value is -2.84. The first-order valence-corrected chi connectivity index (χ1v) is 9.69. The fourth-order valence-electron chi connectivity index (χ4n) is 3.42. The third-order valence-corrected chi connectivity index (χ3v) is 4.97. The van der Waals surface area contributed by atoms with Crippen LogP contribution in [0, 0.1) is 5.82 Å². The lowest BCUT2D eigenvalue weighted by molar-refractivity contribution is -0.124. The summed E-state index contributed by atoms with van der Waals surface area (Å²) in [6.45, 7) is 2.34. The Bertz CT molecular complexity index is 834. The summed E-state index contributed by atoms with van der Waals surface area (Å²) in [6.07, 6.45) is -0.178. The van der Waals surface area contributed by atoms with E-state index in [0.29, 0.717) is 43.5 Å². The van der Waals surface area contributed by atoms with Crippen LogP contribution >= 0.6 is 0 Å². The first-order valence-electron chi connectivity index (χ1n) is 9.69. The summed E-state index contributed by atoms with van der Waals surface area (Å²) in [4.78, 5) is 14.5. The second-order valence-corrected chi connectivity index (χ2v) is 6.96. The van der Waals surface area contributed by atoms with Gasteiger partial charge in [0.1, 0.15) is 5.82 Å².